The maximum Gasteiger partial charge on any atom is 0.168 e. The molecule has 2 aromatic rings. The van der Waals surface area contributed by atoms with E-state index in [9.17, 15) is 0 Å². The van der Waals surface area contributed by atoms with Gasteiger partial charge in [0.25, 0.3) is 0 Å². The SMILES string of the molecule is Cc1ccc(SN/N=C(\Cl)c2sccc2Br)cc1. The third-order valence-corrected chi connectivity index (χ3v) is 5.05. The molecule has 0 atom stereocenters. The number of nitrogens with zero attached hydrogens (tertiary/aromatic N) is 1. The summed E-state index contributed by atoms with van der Waals surface area (Å²) in [6.07, 6.45) is 0. The van der Waals surface area contributed by atoms with Gasteiger partial charge in [-0.3, -0.25) is 0 Å². The largest absolute Gasteiger partial charge is 0.246 e. The van der Waals surface area contributed by atoms with Crippen LogP contribution in [0.25, 0.3) is 0 Å². The van der Waals surface area contributed by atoms with Crippen LogP contribution in [0.1, 0.15) is 10.4 Å². The van der Waals surface area contributed by atoms with E-state index in [1.165, 1.54) is 17.5 Å². The fraction of sp³-hybridized carbons (Fsp3) is 0.0833. The minimum Gasteiger partial charge on any atom is -0.246 e. The van der Waals surface area contributed by atoms with E-state index in [0.717, 1.165) is 14.2 Å². The maximum absolute atomic E-state index is 6.10. The first-order chi connectivity index (χ1) is 8.66. The summed E-state index contributed by atoms with van der Waals surface area (Å²) < 4.78 is 0.961. The van der Waals surface area contributed by atoms with Gasteiger partial charge in [-0.05, 0) is 46.4 Å². The van der Waals surface area contributed by atoms with Gasteiger partial charge in [-0.2, -0.15) is 5.10 Å². The van der Waals surface area contributed by atoms with E-state index in [4.69, 9.17) is 11.6 Å². The predicted octanol–water partition coefficient (Wildman–Crippen LogP) is 5.02. The van der Waals surface area contributed by atoms with Gasteiger partial charge in [0.05, 0.1) is 4.88 Å². The van der Waals surface area contributed by atoms with Crippen molar-refractivity contribution in [3.05, 3.63) is 50.6 Å². The molecule has 0 aliphatic heterocycles. The molecule has 0 radical (unpaired) electrons. The van der Waals surface area contributed by atoms with Crippen LogP contribution in [-0.2, 0) is 0 Å². The Labute approximate surface area is 128 Å². The molecule has 1 heterocycles. The summed E-state index contributed by atoms with van der Waals surface area (Å²) in [5.41, 5.74) is 1.24. The van der Waals surface area contributed by atoms with Crippen molar-refractivity contribution in [2.75, 3.05) is 0 Å². The van der Waals surface area contributed by atoms with E-state index in [-0.39, 0.29) is 0 Å². The van der Waals surface area contributed by atoms with Crippen LogP contribution in [0.3, 0.4) is 0 Å². The third kappa shape index (κ3) is 3.75. The topological polar surface area (TPSA) is 24.4 Å². The van der Waals surface area contributed by atoms with E-state index in [0.29, 0.717) is 5.17 Å². The average molecular weight is 362 g/mol. The first-order valence-corrected chi connectivity index (χ1v) is 7.98. The van der Waals surface area contributed by atoms with Gasteiger partial charge in [-0.15, -0.1) is 11.3 Å². The molecule has 0 amide bonds. The first-order valence-electron chi connectivity index (χ1n) is 5.12. The zero-order chi connectivity index (χ0) is 13.0. The summed E-state index contributed by atoms with van der Waals surface area (Å²) in [7, 11) is 0. The van der Waals surface area contributed by atoms with Gasteiger partial charge in [-0.1, -0.05) is 29.3 Å². The molecule has 0 aliphatic rings. The molecule has 2 rings (SSSR count). The highest BCUT2D eigenvalue weighted by molar-refractivity contribution is 9.10. The Morgan fingerprint density at radius 2 is 2.06 bits per heavy atom. The molecule has 0 aliphatic carbocycles. The summed E-state index contributed by atoms with van der Waals surface area (Å²) in [5, 5.41) is 6.54. The lowest BCUT2D eigenvalue weighted by Gasteiger charge is -2.01. The molecule has 0 bridgehead atoms. The summed E-state index contributed by atoms with van der Waals surface area (Å²) in [5.74, 6) is 0. The summed E-state index contributed by atoms with van der Waals surface area (Å²) in [6.45, 7) is 2.06. The van der Waals surface area contributed by atoms with Crippen molar-refractivity contribution in [1.29, 1.82) is 0 Å². The number of thiophene rings is 1. The Bertz CT molecular complexity index is 551. The van der Waals surface area contributed by atoms with Crippen molar-refractivity contribution in [3.63, 3.8) is 0 Å². The van der Waals surface area contributed by atoms with E-state index in [1.807, 2.05) is 23.6 Å². The Morgan fingerprint density at radius 1 is 1.33 bits per heavy atom. The molecule has 0 unspecified atom stereocenters. The molecule has 6 heteroatoms. The second-order valence-electron chi connectivity index (χ2n) is 3.51. The van der Waals surface area contributed by atoms with Crippen LogP contribution < -0.4 is 4.83 Å². The molecule has 1 N–H and O–H groups in total. The lowest BCUT2D eigenvalue weighted by atomic mass is 10.2. The van der Waals surface area contributed by atoms with Crippen LogP contribution in [0.5, 0.6) is 0 Å². The first kappa shape index (κ1) is 13.9. The van der Waals surface area contributed by atoms with Crippen LogP contribution in [-0.4, -0.2) is 5.17 Å². The van der Waals surface area contributed by atoms with E-state index < -0.39 is 0 Å². The summed E-state index contributed by atoms with van der Waals surface area (Å²) >= 11 is 12.5. The van der Waals surface area contributed by atoms with Gasteiger partial charge in [0.1, 0.15) is 0 Å². The number of halogens is 2. The molecule has 2 nitrogen and oxygen atoms in total. The number of nitrogens with one attached hydrogen (secondary N) is 1. The second kappa shape index (κ2) is 6.61. The number of benzene rings is 1. The van der Waals surface area contributed by atoms with Gasteiger partial charge in [0, 0.05) is 21.3 Å². The molecule has 0 spiro atoms. The van der Waals surface area contributed by atoms with Crippen molar-refractivity contribution < 1.29 is 0 Å². The fourth-order valence-electron chi connectivity index (χ4n) is 1.21. The highest BCUT2D eigenvalue weighted by Crippen LogP contribution is 2.25. The average Bonchev–Trinajstić information content (AvgIpc) is 2.78. The highest BCUT2D eigenvalue weighted by atomic mass is 79.9. The minimum atomic E-state index is 0.455. The standard InChI is InChI=1S/C12H10BrClN2S2/c1-8-2-4-9(5-3-8)18-16-15-12(14)11-10(13)6-7-17-11/h2-7,16H,1H3/b15-12-. The lowest BCUT2D eigenvalue weighted by Crippen LogP contribution is -1.98. The Balaban J connectivity index is 1.95. The minimum absolute atomic E-state index is 0.455. The van der Waals surface area contributed by atoms with Gasteiger partial charge in [-0.25, -0.2) is 4.83 Å². The van der Waals surface area contributed by atoms with Gasteiger partial charge >= 0.3 is 0 Å². The molecule has 0 saturated carbocycles. The summed E-state index contributed by atoms with van der Waals surface area (Å²) in [4.78, 5) is 4.92. The molecule has 1 aromatic heterocycles. The Morgan fingerprint density at radius 3 is 2.67 bits per heavy atom. The molecular formula is C12H10BrClN2S2. The number of hydrazone groups is 1. The number of rotatable bonds is 4. The smallest absolute Gasteiger partial charge is 0.168 e. The Kier molecular flexibility index (Phi) is 5.12. The van der Waals surface area contributed by atoms with Crippen molar-refractivity contribution in [1.82, 2.24) is 4.83 Å². The quantitative estimate of drug-likeness (QED) is 0.470. The normalized spacial score (nSPS) is 11.6. The molecular weight excluding hydrogens is 352 g/mol. The van der Waals surface area contributed by atoms with Crippen molar-refractivity contribution in [2.45, 2.75) is 11.8 Å². The molecule has 0 fully saturated rings. The van der Waals surface area contributed by atoms with Crippen LogP contribution in [0, 0.1) is 6.92 Å². The van der Waals surface area contributed by atoms with Crippen LogP contribution in [0.15, 0.2) is 50.2 Å². The van der Waals surface area contributed by atoms with Crippen molar-refractivity contribution in [2.24, 2.45) is 5.10 Å². The van der Waals surface area contributed by atoms with Crippen LogP contribution in [0.2, 0.25) is 0 Å². The summed E-state index contributed by atoms with van der Waals surface area (Å²) in [6, 6.07) is 10.1. The predicted molar refractivity (Wildman–Crippen MR) is 84.6 cm³/mol. The Hall–Kier alpha value is -0.490. The fourth-order valence-corrected chi connectivity index (χ4v) is 3.61. The molecule has 18 heavy (non-hydrogen) atoms. The third-order valence-electron chi connectivity index (χ3n) is 2.13. The van der Waals surface area contributed by atoms with Crippen LogP contribution in [0.4, 0.5) is 0 Å². The maximum atomic E-state index is 6.10. The highest BCUT2D eigenvalue weighted by Gasteiger charge is 2.06. The monoisotopic (exact) mass is 360 g/mol. The molecule has 0 saturated heterocycles. The van der Waals surface area contributed by atoms with Gasteiger partial charge < -0.3 is 0 Å². The van der Waals surface area contributed by atoms with Crippen molar-refractivity contribution >= 4 is 56.0 Å². The van der Waals surface area contributed by atoms with Crippen LogP contribution >= 0.6 is 50.8 Å². The van der Waals surface area contributed by atoms with Crippen molar-refractivity contribution in [3.8, 4) is 0 Å². The van der Waals surface area contributed by atoms with E-state index in [2.05, 4.69) is 44.9 Å². The van der Waals surface area contributed by atoms with E-state index >= 15 is 0 Å². The number of aryl methyl sites for hydroxylation is 1. The molecule has 1 aromatic carbocycles. The molecule has 94 valence electrons. The van der Waals surface area contributed by atoms with E-state index in [1.54, 1.807) is 11.3 Å². The van der Waals surface area contributed by atoms with Gasteiger partial charge in [0.15, 0.2) is 5.17 Å². The lowest BCUT2D eigenvalue weighted by molar-refractivity contribution is 1.12. The zero-order valence-corrected chi connectivity index (χ0v) is 13.5. The second-order valence-corrected chi connectivity index (χ2v) is 6.49. The number of hydrogen-bond acceptors (Lipinski definition) is 4. The zero-order valence-electron chi connectivity index (χ0n) is 9.48. The van der Waals surface area contributed by atoms with Gasteiger partial charge in [0.2, 0.25) is 0 Å². The number of hydrogen-bond donors (Lipinski definition) is 1.